The standard InChI is InChI=1S/C20H22N2O4/c1-14-6-7-18-17(12-14)22(10-11-26-18)20(24)9-8-19(23)21-15-4-3-5-16(13-15)25-2/h3-7,12-13H,8-11H2,1-2H3,(H,21,23). The zero-order valence-corrected chi connectivity index (χ0v) is 15.0. The molecule has 1 aliphatic rings. The number of hydrogen-bond acceptors (Lipinski definition) is 4. The van der Waals surface area contributed by atoms with Crippen molar-refractivity contribution in [2.45, 2.75) is 19.8 Å². The van der Waals surface area contributed by atoms with Crippen LogP contribution in [-0.2, 0) is 9.59 Å². The maximum absolute atomic E-state index is 12.6. The van der Waals surface area contributed by atoms with Crippen LogP contribution < -0.4 is 19.7 Å². The van der Waals surface area contributed by atoms with Gasteiger partial charge in [-0.2, -0.15) is 0 Å². The smallest absolute Gasteiger partial charge is 0.227 e. The van der Waals surface area contributed by atoms with Gasteiger partial charge in [-0.25, -0.2) is 0 Å². The molecule has 0 unspecified atom stereocenters. The summed E-state index contributed by atoms with van der Waals surface area (Å²) in [5, 5.41) is 2.79. The van der Waals surface area contributed by atoms with Crippen molar-refractivity contribution in [1.82, 2.24) is 0 Å². The summed E-state index contributed by atoms with van der Waals surface area (Å²) in [7, 11) is 1.57. The van der Waals surface area contributed by atoms with E-state index < -0.39 is 0 Å². The molecule has 0 aliphatic carbocycles. The lowest BCUT2D eigenvalue weighted by Gasteiger charge is -2.30. The third kappa shape index (κ3) is 4.14. The van der Waals surface area contributed by atoms with Crippen molar-refractivity contribution in [3.05, 3.63) is 48.0 Å². The van der Waals surface area contributed by atoms with Gasteiger partial charge in [0.25, 0.3) is 0 Å². The minimum atomic E-state index is -0.204. The first-order chi connectivity index (χ1) is 12.6. The lowest BCUT2D eigenvalue weighted by Crippen LogP contribution is -2.38. The molecule has 1 N–H and O–H groups in total. The molecule has 0 saturated heterocycles. The minimum Gasteiger partial charge on any atom is -0.497 e. The van der Waals surface area contributed by atoms with Crippen LogP contribution in [0.4, 0.5) is 11.4 Å². The number of nitrogens with one attached hydrogen (secondary N) is 1. The normalized spacial score (nSPS) is 12.8. The van der Waals surface area contributed by atoms with Gasteiger partial charge in [-0.15, -0.1) is 0 Å². The van der Waals surface area contributed by atoms with Crippen LogP contribution in [0, 0.1) is 6.92 Å². The Bertz CT molecular complexity index is 819. The van der Waals surface area contributed by atoms with E-state index in [9.17, 15) is 9.59 Å². The van der Waals surface area contributed by atoms with Crippen LogP contribution in [0.1, 0.15) is 18.4 Å². The molecule has 2 aromatic rings. The summed E-state index contributed by atoms with van der Waals surface area (Å²) in [6.45, 7) is 2.92. The van der Waals surface area contributed by atoms with Crippen molar-refractivity contribution in [3.63, 3.8) is 0 Å². The Kier molecular flexibility index (Phi) is 5.41. The third-order valence-corrected chi connectivity index (χ3v) is 4.20. The van der Waals surface area contributed by atoms with E-state index in [0.717, 1.165) is 11.3 Å². The maximum Gasteiger partial charge on any atom is 0.227 e. The van der Waals surface area contributed by atoms with Gasteiger partial charge in [-0.3, -0.25) is 9.59 Å². The number of aryl methyl sites for hydroxylation is 1. The minimum absolute atomic E-state index is 0.0825. The molecule has 0 saturated carbocycles. The average Bonchev–Trinajstić information content (AvgIpc) is 2.65. The number of anilines is 2. The SMILES string of the molecule is COc1cccc(NC(=O)CCC(=O)N2CCOc3ccc(C)cc32)c1. The highest BCUT2D eigenvalue weighted by atomic mass is 16.5. The van der Waals surface area contributed by atoms with Crippen molar-refractivity contribution < 1.29 is 19.1 Å². The highest BCUT2D eigenvalue weighted by molar-refractivity contribution is 5.99. The molecule has 3 rings (SSSR count). The van der Waals surface area contributed by atoms with Gasteiger partial charge in [0, 0.05) is 24.6 Å². The van der Waals surface area contributed by atoms with Gasteiger partial charge in [0.15, 0.2) is 0 Å². The third-order valence-electron chi connectivity index (χ3n) is 4.20. The zero-order chi connectivity index (χ0) is 18.5. The number of benzene rings is 2. The second kappa shape index (κ2) is 7.91. The molecule has 0 atom stereocenters. The molecule has 0 spiro atoms. The fraction of sp³-hybridized carbons (Fsp3) is 0.300. The number of nitrogens with zero attached hydrogens (tertiary/aromatic N) is 1. The number of carbonyl (C=O) groups is 2. The van der Waals surface area contributed by atoms with Gasteiger partial charge >= 0.3 is 0 Å². The molecule has 26 heavy (non-hydrogen) atoms. The molecule has 136 valence electrons. The Morgan fingerprint density at radius 1 is 1.19 bits per heavy atom. The van der Waals surface area contributed by atoms with Gasteiger partial charge in [0.05, 0.1) is 19.3 Å². The van der Waals surface area contributed by atoms with E-state index >= 15 is 0 Å². The Hall–Kier alpha value is -3.02. The van der Waals surface area contributed by atoms with E-state index in [1.165, 1.54) is 0 Å². The Balaban J connectivity index is 1.59. The summed E-state index contributed by atoms with van der Waals surface area (Å²) < 4.78 is 10.7. The van der Waals surface area contributed by atoms with E-state index in [1.54, 1.807) is 36.3 Å². The van der Waals surface area contributed by atoms with Crippen molar-refractivity contribution in [1.29, 1.82) is 0 Å². The van der Waals surface area contributed by atoms with Gasteiger partial charge in [0.2, 0.25) is 11.8 Å². The molecule has 0 radical (unpaired) electrons. The summed E-state index contributed by atoms with van der Waals surface area (Å²) in [4.78, 5) is 26.5. The number of fused-ring (bicyclic) bond motifs is 1. The number of methoxy groups -OCH3 is 1. The second-order valence-corrected chi connectivity index (χ2v) is 6.15. The van der Waals surface area contributed by atoms with E-state index in [0.29, 0.717) is 30.3 Å². The number of ether oxygens (including phenoxy) is 2. The summed E-state index contributed by atoms with van der Waals surface area (Å²) in [6.07, 6.45) is 0.262. The highest BCUT2D eigenvalue weighted by Gasteiger charge is 2.24. The van der Waals surface area contributed by atoms with Crippen LogP contribution in [0.3, 0.4) is 0 Å². The maximum atomic E-state index is 12.6. The number of carbonyl (C=O) groups excluding carboxylic acids is 2. The zero-order valence-electron chi connectivity index (χ0n) is 15.0. The first kappa shape index (κ1) is 17.8. The fourth-order valence-corrected chi connectivity index (χ4v) is 2.87. The summed E-state index contributed by atoms with van der Waals surface area (Å²) >= 11 is 0. The lowest BCUT2D eigenvalue weighted by molar-refractivity contribution is -0.122. The van der Waals surface area contributed by atoms with Crippen LogP contribution in [0.15, 0.2) is 42.5 Å². The molecule has 2 amide bonds. The summed E-state index contributed by atoms with van der Waals surface area (Å²) in [5.74, 6) is 1.08. The summed E-state index contributed by atoms with van der Waals surface area (Å²) in [5.41, 5.74) is 2.48. The van der Waals surface area contributed by atoms with Crippen LogP contribution in [-0.4, -0.2) is 32.1 Å². The van der Waals surface area contributed by atoms with E-state index in [-0.39, 0.29) is 24.7 Å². The number of rotatable bonds is 5. The summed E-state index contributed by atoms with van der Waals surface area (Å²) in [6, 6.07) is 12.9. The van der Waals surface area contributed by atoms with Crippen LogP contribution >= 0.6 is 0 Å². The molecular formula is C20H22N2O4. The molecular weight excluding hydrogens is 332 g/mol. The Labute approximate surface area is 152 Å². The Morgan fingerprint density at radius 2 is 2.04 bits per heavy atom. The van der Waals surface area contributed by atoms with Crippen molar-refractivity contribution in [3.8, 4) is 11.5 Å². The number of amides is 2. The van der Waals surface area contributed by atoms with Gasteiger partial charge < -0.3 is 19.7 Å². The highest BCUT2D eigenvalue weighted by Crippen LogP contribution is 2.32. The van der Waals surface area contributed by atoms with Crippen LogP contribution in [0.2, 0.25) is 0 Å². The van der Waals surface area contributed by atoms with E-state index in [4.69, 9.17) is 9.47 Å². The van der Waals surface area contributed by atoms with Gasteiger partial charge in [-0.1, -0.05) is 12.1 Å². The van der Waals surface area contributed by atoms with Gasteiger partial charge in [-0.05, 0) is 36.8 Å². The lowest BCUT2D eigenvalue weighted by atomic mass is 10.1. The van der Waals surface area contributed by atoms with E-state index in [2.05, 4.69) is 5.32 Å². The first-order valence-corrected chi connectivity index (χ1v) is 8.54. The topological polar surface area (TPSA) is 67.9 Å². The Morgan fingerprint density at radius 3 is 2.85 bits per heavy atom. The number of hydrogen-bond donors (Lipinski definition) is 1. The average molecular weight is 354 g/mol. The molecule has 0 aromatic heterocycles. The quantitative estimate of drug-likeness (QED) is 0.896. The molecule has 0 bridgehead atoms. The fourth-order valence-electron chi connectivity index (χ4n) is 2.87. The predicted molar refractivity (Wildman–Crippen MR) is 99.9 cm³/mol. The first-order valence-electron chi connectivity index (χ1n) is 8.54. The molecule has 1 heterocycles. The van der Waals surface area contributed by atoms with Crippen molar-refractivity contribution >= 4 is 23.2 Å². The molecule has 0 fully saturated rings. The largest absolute Gasteiger partial charge is 0.497 e. The van der Waals surface area contributed by atoms with Crippen LogP contribution in [0.5, 0.6) is 11.5 Å². The van der Waals surface area contributed by atoms with E-state index in [1.807, 2.05) is 25.1 Å². The molecule has 1 aliphatic heterocycles. The van der Waals surface area contributed by atoms with Crippen LogP contribution in [0.25, 0.3) is 0 Å². The van der Waals surface area contributed by atoms with Gasteiger partial charge in [0.1, 0.15) is 18.1 Å². The monoisotopic (exact) mass is 354 g/mol. The van der Waals surface area contributed by atoms with Crippen molar-refractivity contribution in [2.24, 2.45) is 0 Å². The molecule has 6 nitrogen and oxygen atoms in total. The predicted octanol–water partition coefficient (Wildman–Crippen LogP) is 3.15. The second-order valence-electron chi connectivity index (χ2n) is 6.15. The molecule has 2 aromatic carbocycles. The van der Waals surface area contributed by atoms with Crippen molar-refractivity contribution in [2.75, 3.05) is 30.5 Å². The molecule has 6 heteroatoms.